The van der Waals surface area contributed by atoms with Crippen molar-refractivity contribution in [2.24, 2.45) is 5.92 Å². The molecule has 5 heteroatoms. The second-order valence-corrected chi connectivity index (χ2v) is 5.16. The maximum absolute atomic E-state index is 10.9. The number of carboxylic acid groups (broad SMARTS) is 1. The minimum Gasteiger partial charge on any atom is -0.493 e. The van der Waals surface area contributed by atoms with Gasteiger partial charge in [0.2, 0.25) is 0 Å². The van der Waals surface area contributed by atoms with Crippen LogP contribution in [-0.2, 0) is 0 Å². The molecule has 0 unspecified atom stereocenters. The smallest absolute Gasteiger partial charge is 0.335 e. The molecule has 1 fully saturated rings. The molecule has 0 atom stereocenters. The number of ether oxygens (including phenoxy) is 2. The van der Waals surface area contributed by atoms with Crippen LogP contribution < -0.4 is 9.47 Å². The number of methoxy groups -OCH3 is 1. The Morgan fingerprint density at radius 1 is 1.42 bits per heavy atom. The van der Waals surface area contributed by atoms with Gasteiger partial charge < -0.3 is 14.6 Å². The Bertz CT molecular complexity index is 467. The summed E-state index contributed by atoms with van der Waals surface area (Å²) in [7, 11) is 1.47. The number of carbonyl (C=O) groups is 1. The van der Waals surface area contributed by atoms with E-state index in [1.54, 1.807) is 0 Å². The van der Waals surface area contributed by atoms with Crippen molar-refractivity contribution in [1.82, 2.24) is 0 Å². The first kappa shape index (κ1) is 14.0. The van der Waals surface area contributed by atoms with Crippen LogP contribution in [0, 0.1) is 5.92 Å². The van der Waals surface area contributed by atoms with Gasteiger partial charge in [-0.2, -0.15) is 0 Å². The summed E-state index contributed by atoms with van der Waals surface area (Å²) in [6.07, 6.45) is 4.84. The Balaban J connectivity index is 2.16. The minimum absolute atomic E-state index is 0.0927. The second kappa shape index (κ2) is 6.15. The zero-order chi connectivity index (χ0) is 13.8. The maximum Gasteiger partial charge on any atom is 0.335 e. The average Bonchev–Trinajstić information content (AvgIpc) is 2.89. The van der Waals surface area contributed by atoms with Crippen molar-refractivity contribution in [2.45, 2.75) is 25.7 Å². The Hall–Kier alpha value is -1.42. The molecule has 0 heterocycles. The number of hydrogen-bond acceptors (Lipinski definition) is 3. The van der Waals surface area contributed by atoms with Crippen LogP contribution in [0.25, 0.3) is 0 Å². The molecule has 0 aromatic heterocycles. The van der Waals surface area contributed by atoms with Gasteiger partial charge in [-0.05, 0) is 30.9 Å². The third kappa shape index (κ3) is 3.32. The Kier molecular flexibility index (Phi) is 4.53. The molecule has 2 rings (SSSR count). The summed E-state index contributed by atoms with van der Waals surface area (Å²) < 4.78 is 10.9. The molecule has 1 aromatic rings. The average molecular weight is 285 g/mol. The maximum atomic E-state index is 10.9. The van der Waals surface area contributed by atoms with Gasteiger partial charge in [-0.25, -0.2) is 4.79 Å². The van der Waals surface area contributed by atoms with E-state index in [0.717, 1.165) is 0 Å². The number of rotatable bonds is 5. The van der Waals surface area contributed by atoms with E-state index in [1.807, 2.05) is 0 Å². The van der Waals surface area contributed by atoms with Gasteiger partial charge in [0.25, 0.3) is 0 Å². The van der Waals surface area contributed by atoms with E-state index >= 15 is 0 Å². The van der Waals surface area contributed by atoms with Crippen LogP contribution >= 0.6 is 11.6 Å². The van der Waals surface area contributed by atoms with E-state index in [1.165, 1.54) is 44.9 Å². The Morgan fingerprint density at radius 3 is 2.68 bits per heavy atom. The Labute approximate surface area is 117 Å². The fourth-order valence-electron chi connectivity index (χ4n) is 2.36. The molecule has 0 aliphatic heterocycles. The van der Waals surface area contributed by atoms with Gasteiger partial charge in [-0.15, -0.1) is 0 Å². The number of carboxylic acids is 1. The van der Waals surface area contributed by atoms with Crippen molar-refractivity contribution >= 4 is 17.6 Å². The van der Waals surface area contributed by atoms with Crippen molar-refractivity contribution in [3.8, 4) is 11.5 Å². The van der Waals surface area contributed by atoms with E-state index in [4.69, 9.17) is 26.2 Å². The van der Waals surface area contributed by atoms with Crippen molar-refractivity contribution in [3.05, 3.63) is 22.7 Å². The van der Waals surface area contributed by atoms with Gasteiger partial charge in [0, 0.05) is 0 Å². The van der Waals surface area contributed by atoms with Gasteiger partial charge in [0.1, 0.15) is 0 Å². The van der Waals surface area contributed by atoms with E-state index in [-0.39, 0.29) is 10.6 Å². The first-order valence-electron chi connectivity index (χ1n) is 6.35. The molecule has 1 aromatic carbocycles. The van der Waals surface area contributed by atoms with E-state index in [9.17, 15) is 4.79 Å². The van der Waals surface area contributed by atoms with Gasteiger partial charge >= 0.3 is 5.97 Å². The highest BCUT2D eigenvalue weighted by Gasteiger charge is 2.19. The van der Waals surface area contributed by atoms with Gasteiger partial charge in [0.15, 0.2) is 11.5 Å². The van der Waals surface area contributed by atoms with Gasteiger partial charge in [0.05, 0.1) is 24.3 Å². The third-order valence-corrected chi connectivity index (χ3v) is 3.70. The summed E-state index contributed by atoms with van der Waals surface area (Å²) in [6, 6.07) is 2.81. The summed E-state index contributed by atoms with van der Waals surface area (Å²) in [5.74, 6) is 0.312. The van der Waals surface area contributed by atoms with E-state index in [0.29, 0.717) is 24.0 Å². The monoisotopic (exact) mass is 284 g/mol. The van der Waals surface area contributed by atoms with E-state index < -0.39 is 5.97 Å². The molecule has 4 nitrogen and oxygen atoms in total. The molecule has 0 saturated heterocycles. The third-order valence-electron chi connectivity index (χ3n) is 3.41. The van der Waals surface area contributed by atoms with Crippen LogP contribution in [0.2, 0.25) is 5.02 Å². The molecular weight excluding hydrogens is 268 g/mol. The summed E-state index contributed by atoms with van der Waals surface area (Å²) in [4.78, 5) is 10.9. The van der Waals surface area contributed by atoms with Crippen molar-refractivity contribution in [1.29, 1.82) is 0 Å². The first-order valence-corrected chi connectivity index (χ1v) is 6.73. The topological polar surface area (TPSA) is 55.8 Å². The molecule has 1 aliphatic rings. The first-order chi connectivity index (χ1) is 9.11. The molecule has 104 valence electrons. The summed E-state index contributed by atoms with van der Waals surface area (Å²) in [5.41, 5.74) is 0.0927. The van der Waals surface area contributed by atoms with E-state index in [2.05, 4.69) is 0 Å². The van der Waals surface area contributed by atoms with Crippen LogP contribution in [0.1, 0.15) is 36.0 Å². The summed E-state index contributed by atoms with van der Waals surface area (Å²) in [5, 5.41) is 9.24. The van der Waals surface area contributed by atoms with Crippen molar-refractivity contribution in [2.75, 3.05) is 13.7 Å². The fourth-order valence-corrected chi connectivity index (χ4v) is 2.63. The standard InChI is InChI=1S/C14H17ClO4/c1-18-12-7-10(14(16)17)6-11(15)13(12)19-8-9-4-2-3-5-9/h6-7,9H,2-5,8H2,1H3,(H,16,17). The highest BCUT2D eigenvalue weighted by atomic mass is 35.5. The molecule has 1 saturated carbocycles. The molecular formula is C14H17ClO4. The zero-order valence-electron chi connectivity index (χ0n) is 10.8. The number of aromatic carboxylic acids is 1. The lowest BCUT2D eigenvalue weighted by Gasteiger charge is -2.15. The number of hydrogen-bond donors (Lipinski definition) is 1. The molecule has 0 radical (unpaired) electrons. The lowest BCUT2D eigenvalue weighted by molar-refractivity contribution is 0.0696. The summed E-state index contributed by atoms with van der Waals surface area (Å²) >= 11 is 6.07. The summed E-state index contributed by atoms with van der Waals surface area (Å²) in [6.45, 7) is 0.600. The quantitative estimate of drug-likeness (QED) is 0.897. The van der Waals surface area contributed by atoms with Crippen LogP contribution in [-0.4, -0.2) is 24.8 Å². The molecule has 0 spiro atoms. The lowest BCUT2D eigenvalue weighted by Crippen LogP contribution is -2.09. The molecule has 0 bridgehead atoms. The number of halogens is 1. The number of benzene rings is 1. The highest BCUT2D eigenvalue weighted by Crippen LogP contribution is 2.37. The van der Waals surface area contributed by atoms with Crippen LogP contribution in [0.5, 0.6) is 11.5 Å². The zero-order valence-corrected chi connectivity index (χ0v) is 11.6. The normalized spacial score (nSPS) is 15.5. The lowest BCUT2D eigenvalue weighted by atomic mass is 10.1. The van der Waals surface area contributed by atoms with Crippen LogP contribution in [0.3, 0.4) is 0 Å². The van der Waals surface area contributed by atoms with Gasteiger partial charge in [-0.3, -0.25) is 0 Å². The molecule has 1 aliphatic carbocycles. The molecule has 0 amide bonds. The van der Waals surface area contributed by atoms with Crippen molar-refractivity contribution < 1.29 is 19.4 Å². The van der Waals surface area contributed by atoms with Crippen molar-refractivity contribution in [3.63, 3.8) is 0 Å². The predicted molar refractivity (Wildman–Crippen MR) is 72.4 cm³/mol. The molecule has 19 heavy (non-hydrogen) atoms. The molecule has 1 N–H and O–H groups in total. The van der Waals surface area contributed by atoms with Gasteiger partial charge in [-0.1, -0.05) is 24.4 Å². The van der Waals surface area contributed by atoms with Crippen LogP contribution in [0.15, 0.2) is 12.1 Å². The fraction of sp³-hybridized carbons (Fsp3) is 0.500. The second-order valence-electron chi connectivity index (χ2n) is 4.76. The largest absolute Gasteiger partial charge is 0.493 e. The van der Waals surface area contributed by atoms with Crippen LogP contribution in [0.4, 0.5) is 0 Å². The SMILES string of the molecule is COc1cc(C(=O)O)cc(Cl)c1OCC1CCCC1. The Morgan fingerprint density at radius 2 is 2.11 bits per heavy atom. The highest BCUT2D eigenvalue weighted by molar-refractivity contribution is 6.32. The predicted octanol–water partition coefficient (Wildman–Crippen LogP) is 3.62. The minimum atomic E-state index is -1.04.